The summed E-state index contributed by atoms with van der Waals surface area (Å²) in [6, 6.07) is 5.63. The highest BCUT2D eigenvalue weighted by atomic mass is 79.9. The summed E-state index contributed by atoms with van der Waals surface area (Å²) in [7, 11) is 0. The van der Waals surface area contributed by atoms with E-state index in [0.29, 0.717) is 17.3 Å². The Balaban J connectivity index is 2.28. The van der Waals surface area contributed by atoms with E-state index in [2.05, 4.69) is 32.8 Å². The van der Waals surface area contributed by atoms with Crippen molar-refractivity contribution in [1.29, 1.82) is 0 Å². The summed E-state index contributed by atoms with van der Waals surface area (Å²) in [4.78, 5) is 8.32. The molecule has 0 atom stereocenters. The zero-order chi connectivity index (χ0) is 13.8. The number of benzene rings is 1. The number of nitrogen functional groups attached to an aromatic ring is 1. The highest BCUT2D eigenvalue weighted by Crippen LogP contribution is 2.33. The average molecular weight is 322 g/mol. The van der Waals surface area contributed by atoms with Gasteiger partial charge in [0, 0.05) is 16.2 Å². The molecule has 0 unspecified atom stereocenters. The second-order valence-corrected chi connectivity index (χ2v) is 5.26. The summed E-state index contributed by atoms with van der Waals surface area (Å²) in [5.74, 6) is 1.17. The number of rotatable bonds is 4. The van der Waals surface area contributed by atoms with Crippen LogP contribution in [0.3, 0.4) is 0 Å². The van der Waals surface area contributed by atoms with Crippen LogP contribution in [-0.4, -0.2) is 9.97 Å². The van der Waals surface area contributed by atoms with Gasteiger partial charge in [-0.05, 0) is 31.0 Å². The molecule has 0 aliphatic rings. The highest BCUT2D eigenvalue weighted by Gasteiger charge is 2.09. The number of aryl methyl sites for hydroxylation is 2. The molecule has 4 nitrogen and oxygen atoms in total. The molecule has 0 radical (unpaired) electrons. The molecule has 1 aromatic heterocycles. The molecule has 0 saturated carbocycles. The number of hydrogen-bond acceptors (Lipinski definition) is 4. The van der Waals surface area contributed by atoms with Gasteiger partial charge in [-0.25, -0.2) is 9.97 Å². The second kappa shape index (κ2) is 6.02. The quantitative estimate of drug-likeness (QED) is 0.868. The van der Waals surface area contributed by atoms with Gasteiger partial charge in [-0.1, -0.05) is 29.3 Å². The number of aromatic nitrogens is 2. The minimum absolute atomic E-state index is 0.524. The first-order valence-electron chi connectivity index (χ1n) is 6.14. The van der Waals surface area contributed by atoms with Crippen LogP contribution in [0.4, 0.5) is 5.69 Å². The lowest BCUT2D eigenvalue weighted by Gasteiger charge is -2.11. The molecular weight excluding hydrogens is 306 g/mol. The lowest BCUT2D eigenvalue weighted by Crippen LogP contribution is -1.98. The third-order valence-corrected chi connectivity index (χ3v) is 3.14. The number of nitrogens with zero attached hydrogens (tertiary/aromatic N) is 2. The fourth-order valence-corrected chi connectivity index (χ4v) is 2.42. The Morgan fingerprint density at radius 2 is 2.05 bits per heavy atom. The van der Waals surface area contributed by atoms with E-state index in [9.17, 15) is 0 Å². The summed E-state index contributed by atoms with van der Waals surface area (Å²) < 4.78 is 6.72. The predicted molar refractivity (Wildman–Crippen MR) is 79.4 cm³/mol. The van der Waals surface area contributed by atoms with Gasteiger partial charge in [0.1, 0.15) is 6.33 Å². The van der Waals surface area contributed by atoms with E-state index < -0.39 is 0 Å². The molecule has 5 heteroatoms. The lowest BCUT2D eigenvalue weighted by atomic mass is 10.2. The first-order valence-corrected chi connectivity index (χ1v) is 6.94. The molecule has 19 heavy (non-hydrogen) atoms. The van der Waals surface area contributed by atoms with Crippen LogP contribution in [0.1, 0.15) is 24.6 Å². The molecule has 100 valence electrons. The van der Waals surface area contributed by atoms with Gasteiger partial charge in [-0.2, -0.15) is 0 Å². The Hall–Kier alpha value is -1.62. The molecule has 1 aromatic carbocycles. The van der Waals surface area contributed by atoms with Gasteiger partial charge in [-0.15, -0.1) is 0 Å². The summed E-state index contributed by atoms with van der Waals surface area (Å²) in [6.45, 7) is 4.06. The lowest BCUT2D eigenvalue weighted by molar-refractivity contribution is 0.459. The normalized spacial score (nSPS) is 10.5. The van der Waals surface area contributed by atoms with Gasteiger partial charge in [0.05, 0.1) is 5.69 Å². The Morgan fingerprint density at radius 1 is 1.26 bits per heavy atom. The van der Waals surface area contributed by atoms with Gasteiger partial charge < -0.3 is 10.5 Å². The van der Waals surface area contributed by atoms with Crippen molar-refractivity contribution in [2.45, 2.75) is 26.7 Å². The molecular formula is C14H16BrN3O. The maximum atomic E-state index is 5.97. The highest BCUT2D eigenvalue weighted by molar-refractivity contribution is 9.10. The third-order valence-electron chi connectivity index (χ3n) is 2.68. The molecule has 0 bridgehead atoms. The summed E-state index contributed by atoms with van der Waals surface area (Å²) in [6.07, 6.45) is 3.47. The van der Waals surface area contributed by atoms with Crippen molar-refractivity contribution in [3.63, 3.8) is 0 Å². The first kappa shape index (κ1) is 13.8. The molecule has 0 aliphatic carbocycles. The Kier molecular flexibility index (Phi) is 4.37. The van der Waals surface area contributed by atoms with Crippen LogP contribution in [-0.2, 0) is 6.42 Å². The fourth-order valence-electron chi connectivity index (χ4n) is 1.83. The van der Waals surface area contributed by atoms with Gasteiger partial charge in [0.2, 0.25) is 5.88 Å². The Labute approximate surface area is 121 Å². The van der Waals surface area contributed by atoms with Crippen molar-refractivity contribution in [3.05, 3.63) is 40.3 Å². The molecule has 2 N–H and O–H groups in total. The van der Waals surface area contributed by atoms with Crippen LogP contribution >= 0.6 is 15.9 Å². The van der Waals surface area contributed by atoms with E-state index in [0.717, 1.165) is 28.6 Å². The monoisotopic (exact) mass is 321 g/mol. The predicted octanol–water partition coefficient (Wildman–Crippen LogP) is 3.87. The van der Waals surface area contributed by atoms with Crippen LogP contribution in [0.25, 0.3) is 0 Å². The largest absolute Gasteiger partial charge is 0.436 e. The maximum Gasteiger partial charge on any atom is 0.222 e. The van der Waals surface area contributed by atoms with E-state index in [1.807, 2.05) is 25.1 Å². The average Bonchev–Trinajstić information content (AvgIpc) is 2.35. The van der Waals surface area contributed by atoms with Crippen molar-refractivity contribution >= 4 is 21.6 Å². The van der Waals surface area contributed by atoms with Crippen molar-refractivity contribution in [1.82, 2.24) is 9.97 Å². The number of halogens is 1. The van der Waals surface area contributed by atoms with Crippen molar-refractivity contribution < 1.29 is 4.74 Å². The zero-order valence-electron chi connectivity index (χ0n) is 11.0. The summed E-state index contributed by atoms with van der Waals surface area (Å²) in [5, 5.41) is 0. The topological polar surface area (TPSA) is 61.0 Å². The minimum Gasteiger partial charge on any atom is -0.436 e. The molecule has 2 aromatic rings. The van der Waals surface area contributed by atoms with Crippen molar-refractivity contribution in [2.24, 2.45) is 0 Å². The summed E-state index contributed by atoms with van der Waals surface area (Å²) in [5.41, 5.74) is 8.49. The number of ether oxygens (including phenoxy) is 1. The number of anilines is 1. The van der Waals surface area contributed by atoms with Gasteiger partial charge in [0.25, 0.3) is 0 Å². The van der Waals surface area contributed by atoms with E-state index >= 15 is 0 Å². The first-order chi connectivity index (χ1) is 9.10. The second-order valence-electron chi connectivity index (χ2n) is 4.34. The molecule has 1 heterocycles. The van der Waals surface area contributed by atoms with E-state index in [4.69, 9.17) is 10.5 Å². The van der Waals surface area contributed by atoms with Crippen LogP contribution < -0.4 is 10.5 Å². The van der Waals surface area contributed by atoms with Gasteiger partial charge in [-0.3, -0.25) is 0 Å². The van der Waals surface area contributed by atoms with E-state index in [1.165, 1.54) is 6.33 Å². The zero-order valence-corrected chi connectivity index (χ0v) is 12.6. The molecule has 0 aliphatic heterocycles. The number of hydrogen-bond donors (Lipinski definition) is 1. The smallest absolute Gasteiger partial charge is 0.222 e. The van der Waals surface area contributed by atoms with Gasteiger partial charge >= 0.3 is 0 Å². The Bertz CT molecular complexity index is 564. The van der Waals surface area contributed by atoms with Crippen LogP contribution in [0.5, 0.6) is 11.6 Å². The van der Waals surface area contributed by atoms with E-state index in [-0.39, 0.29) is 0 Å². The molecule has 0 fully saturated rings. The minimum atomic E-state index is 0.524. The van der Waals surface area contributed by atoms with Gasteiger partial charge in [0.15, 0.2) is 5.75 Å². The molecule has 0 saturated heterocycles. The van der Waals surface area contributed by atoms with Crippen molar-refractivity contribution in [3.8, 4) is 11.6 Å². The Morgan fingerprint density at radius 3 is 2.74 bits per heavy atom. The standard InChI is InChI=1S/C14H16BrN3O/c1-3-4-11-7-13(18-8-17-11)19-14-9(2)5-10(15)6-12(14)16/h5-8H,3-4,16H2,1-2H3. The SMILES string of the molecule is CCCc1cc(Oc2c(C)cc(Br)cc2N)ncn1. The maximum absolute atomic E-state index is 5.97. The van der Waals surface area contributed by atoms with Crippen LogP contribution in [0.2, 0.25) is 0 Å². The molecule has 2 rings (SSSR count). The summed E-state index contributed by atoms with van der Waals surface area (Å²) >= 11 is 3.40. The third kappa shape index (κ3) is 3.44. The van der Waals surface area contributed by atoms with Crippen molar-refractivity contribution in [2.75, 3.05) is 5.73 Å². The van der Waals surface area contributed by atoms with Crippen LogP contribution in [0.15, 0.2) is 29.0 Å². The van der Waals surface area contributed by atoms with E-state index in [1.54, 1.807) is 0 Å². The molecule has 0 amide bonds. The number of nitrogens with two attached hydrogens (primary N) is 1. The molecule has 0 spiro atoms. The fraction of sp³-hybridized carbons (Fsp3) is 0.286. The van der Waals surface area contributed by atoms with Crippen LogP contribution in [0, 0.1) is 6.92 Å².